The molecule has 0 saturated carbocycles. The summed E-state index contributed by atoms with van der Waals surface area (Å²) in [6.07, 6.45) is -0.122. The van der Waals surface area contributed by atoms with Crippen molar-refractivity contribution in [1.29, 1.82) is 0 Å². The minimum atomic E-state index is -0.968. The van der Waals surface area contributed by atoms with Gasteiger partial charge in [0.15, 0.2) is 0 Å². The highest BCUT2D eigenvalue weighted by atomic mass is 16.6. The summed E-state index contributed by atoms with van der Waals surface area (Å²) in [6, 6.07) is 13.5. The van der Waals surface area contributed by atoms with E-state index < -0.39 is 29.7 Å². The third kappa shape index (κ3) is 8.31. The number of hydrogen-bond donors (Lipinski definition) is 3. The van der Waals surface area contributed by atoms with Gasteiger partial charge in [-0.1, -0.05) is 49.4 Å². The molecule has 0 aliphatic carbocycles. The number of phenols is 1. The van der Waals surface area contributed by atoms with Gasteiger partial charge >= 0.3 is 6.09 Å². The smallest absolute Gasteiger partial charge is 0.408 e. The first-order chi connectivity index (χ1) is 16.4. The molecule has 0 fully saturated rings. The van der Waals surface area contributed by atoms with Gasteiger partial charge < -0.3 is 25.4 Å². The minimum absolute atomic E-state index is 0.0542. The molecule has 190 valence electrons. The van der Waals surface area contributed by atoms with Gasteiger partial charge in [-0.3, -0.25) is 9.59 Å². The molecule has 0 saturated heterocycles. The van der Waals surface area contributed by atoms with E-state index in [0.717, 1.165) is 5.56 Å². The maximum atomic E-state index is 13.6. The third-order valence-electron chi connectivity index (χ3n) is 5.47. The summed E-state index contributed by atoms with van der Waals surface area (Å²) in [4.78, 5) is 40.9. The Bertz CT molecular complexity index is 986. The monoisotopic (exact) mass is 483 g/mol. The molecule has 2 aromatic rings. The standard InChI is InChI=1S/C27H37N3O5/c1-7-18(2)30(25(33)19(3)29-26(34)35-27(4,5)6)23(21-13-15-22(31)16-14-21)24(32)28-17-20-11-9-8-10-12-20/h8-16,18-19,23,31H,7,17H2,1-6H3,(H,28,32)(H,29,34). The highest BCUT2D eigenvalue weighted by Gasteiger charge is 2.37. The average molecular weight is 484 g/mol. The van der Waals surface area contributed by atoms with Crippen molar-refractivity contribution in [2.75, 3.05) is 0 Å². The van der Waals surface area contributed by atoms with Gasteiger partial charge in [-0.25, -0.2) is 4.79 Å². The van der Waals surface area contributed by atoms with Crippen LogP contribution >= 0.6 is 0 Å². The summed E-state index contributed by atoms with van der Waals surface area (Å²) in [5, 5.41) is 15.3. The van der Waals surface area contributed by atoms with Crippen molar-refractivity contribution < 1.29 is 24.2 Å². The van der Waals surface area contributed by atoms with E-state index in [2.05, 4.69) is 10.6 Å². The van der Waals surface area contributed by atoms with Crippen LogP contribution in [0.1, 0.15) is 65.1 Å². The maximum absolute atomic E-state index is 13.6. The average Bonchev–Trinajstić information content (AvgIpc) is 2.80. The summed E-state index contributed by atoms with van der Waals surface area (Å²) >= 11 is 0. The third-order valence-corrected chi connectivity index (χ3v) is 5.47. The first-order valence-corrected chi connectivity index (χ1v) is 11.8. The summed E-state index contributed by atoms with van der Waals surface area (Å²) in [5.74, 6) is -0.727. The van der Waals surface area contributed by atoms with Crippen molar-refractivity contribution in [2.24, 2.45) is 0 Å². The molecule has 0 spiro atoms. The van der Waals surface area contributed by atoms with Crippen LogP contribution in [0.4, 0.5) is 4.79 Å². The van der Waals surface area contributed by atoms with Crippen molar-refractivity contribution in [3.05, 3.63) is 65.7 Å². The maximum Gasteiger partial charge on any atom is 0.408 e. The van der Waals surface area contributed by atoms with Crippen molar-refractivity contribution in [1.82, 2.24) is 15.5 Å². The zero-order valence-electron chi connectivity index (χ0n) is 21.4. The van der Waals surface area contributed by atoms with E-state index in [0.29, 0.717) is 18.5 Å². The van der Waals surface area contributed by atoms with Crippen LogP contribution in [0.3, 0.4) is 0 Å². The molecule has 0 aromatic heterocycles. The van der Waals surface area contributed by atoms with Crippen molar-refractivity contribution in [2.45, 2.75) is 78.2 Å². The first-order valence-electron chi connectivity index (χ1n) is 11.8. The number of hydrogen-bond acceptors (Lipinski definition) is 5. The topological polar surface area (TPSA) is 108 Å². The Kier molecular flexibility index (Phi) is 9.68. The van der Waals surface area contributed by atoms with Crippen molar-refractivity contribution in [3.8, 4) is 5.75 Å². The molecule has 2 aromatic carbocycles. The predicted molar refractivity (Wildman–Crippen MR) is 135 cm³/mol. The Balaban J connectivity index is 2.36. The van der Waals surface area contributed by atoms with Crippen molar-refractivity contribution >= 4 is 17.9 Å². The van der Waals surface area contributed by atoms with Gasteiger partial charge in [-0.15, -0.1) is 0 Å². The minimum Gasteiger partial charge on any atom is -0.508 e. The van der Waals surface area contributed by atoms with E-state index in [9.17, 15) is 19.5 Å². The van der Waals surface area contributed by atoms with Crippen LogP contribution < -0.4 is 10.6 Å². The molecule has 3 amide bonds. The summed E-state index contributed by atoms with van der Waals surface area (Å²) in [5.41, 5.74) is 0.757. The number of ether oxygens (including phenoxy) is 1. The largest absolute Gasteiger partial charge is 0.508 e. The predicted octanol–water partition coefficient (Wildman–Crippen LogP) is 4.29. The van der Waals surface area contributed by atoms with Gasteiger partial charge in [-0.2, -0.15) is 0 Å². The number of rotatable bonds is 9. The number of aromatic hydroxyl groups is 1. The van der Waals surface area contributed by atoms with Crippen LogP contribution in [-0.2, 0) is 20.9 Å². The van der Waals surface area contributed by atoms with E-state index in [1.54, 1.807) is 39.8 Å². The zero-order valence-corrected chi connectivity index (χ0v) is 21.4. The zero-order chi connectivity index (χ0) is 26.2. The number of amides is 3. The molecule has 0 bridgehead atoms. The van der Waals surface area contributed by atoms with Crippen LogP contribution in [0.2, 0.25) is 0 Å². The summed E-state index contributed by atoms with van der Waals surface area (Å²) < 4.78 is 5.29. The Morgan fingerprint density at radius 1 is 1.00 bits per heavy atom. The van der Waals surface area contributed by atoms with Gasteiger partial charge in [0.1, 0.15) is 23.4 Å². The molecule has 2 rings (SSSR count). The fourth-order valence-corrected chi connectivity index (χ4v) is 3.54. The summed E-state index contributed by atoms with van der Waals surface area (Å²) in [7, 11) is 0. The number of nitrogens with one attached hydrogen (secondary N) is 2. The Hall–Kier alpha value is -3.55. The van der Waals surface area contributed by atoms with Crippen LogP contribution in [0.25, 0.3) is 0 Å². The summed E-state index contributed by atoms with van der Waals surface area (Å²) in [6.45, 7) is 10.9. The van der Waals surface area contributed by atoms with Crippen molar-refractivity contribution in [3.63, 3.8) is 0 Å². The molecule has 8 heteroatoms. The second kappa shape index (κ2) is 12.2. The van der Waals surface area contributed by atoms with E-state index >= 15 is 0 Å². The van der Waals surface area contributed by atoms with Crippen LogP contribution in [-0.4, -0.2) is 45.6 Å². The van der Waals surface area contributed by atoms with E-state index in [-0.39, 0.29) is 17.7 Å². The molecule has 3 unspecified atom stereocenters. The Morgan fingerprint density at radius 3 is 2.14 bits per heavy atom. The second-order valence-electron chi connectivity index (χ2n) is 9.57. The normalized spacial score (nSPS) is 13.8. The highest BCUT2D eigenvalue weighted by molar-refractivity contribution is 5.92. The lowest BCUT2D eigenvalue weighted by Crippen LogP contribution is -2.54. The fourth-order valence-electron chi connectivity index (χ4n) is 3.54. The molecule has 35 heavy (non-hydrogen) atoms. The quantitative estimate of drug-likeness (QED) is 0.493. The first kappa shape index (κ1) is 27.7. The molecule has 0 radical (unpaired) electrons. The second-order valence-corrected chi connectivity index (χ2v) is 9.57. The lowest BCUT2D eigenvalue weighted by molar-refractivity contribution is -0.144. The van der Waals surface area contributed by atoms with Crippen LogP contribution in [0, 0.1) is 0 Å². The van der Waals surface area contributed by atoms with Gasteiger partial charge in [0.2, 0.25) is 11.8 Å². The highest BCUT2D eigenvalue weighted by Crippen LogP contribution is 2.27. The molecular weight excluding hydrogens is 446 g/mol. The van der Waals surface area contributed by atoms with Crippen LogP contribution in [0.15, 0.2) is 54.6 Å². The molecular formula is C27H37N3O5. The van der Waals surface area contributed by atoms with Gasteiger partial charge in [0.25, 0.3) is 0 Å². The van der Waals surface area contributed by atoms with Gasteiger partial charge in [0, 0.05) is 12.6 Å². The number of carbonyl (C=O) groups excluding carboxylic acids is 3. The molecule has 3 N–H and O–H groups in total. The Morgan fingerprint density at radius 2 is 1.60 bits per heavy atom. The van der Waals surface area contributed by atoms with Gasteiger partial charge in [0.05, 0.1) is 0 Å². The number of benzene rings is 2. The number of phenolic OH excluding ortho intramolecular Hbond substituents is 1. The van der Waals surface area contributed by atoms with Gasteiger partial charge in [-0.05, 0) is 64.3 Å². The number of carbonyl (C=O) groups is 3. The molecule has 0 aliphatic heterocycles. The number of alkyl carbamates (subject to hydrolysis) is 1. The molecule has 3 atom stereocenters. The molecule has 0 aliphatic rings. The molecule has 0 heterocycles. The Labute approximate surface area is 207 Å². The number of nitrogens with zero attached hydrogens (tertiary/aromatic N) is 1. The van der Waals surface area contributed by atoms with E-state index in [1.165, 1.54) is 17.0 Å². The van der Waals surface area contributed by atoms with Crippen LogP contribution in [0.5, 0.6) is 5.75 Å². The lowest BCUT2D eigenvalue weighted by Gasteiger charge is -2.37. The molecule has 8 nitrogen and oxygen atoms in total. The fraction of sp³-hybridized carbons (Fsp3) is 0.444. The van der Waals surface area contributed by atoms with E-state index in [1.807, 2.05) is 44.2 Å². The van der Waals surface area contributed by atoms with E-state index in [4.69, 9.17) is 4.74 Å². The lowest BCUT2D eigenvalue weighted by atomic mass is 10.00. The SMILES string of the molecule is CCC(C)N(C(=O)C(C)NC(=O)OC(C)(C)C)C(C(=O)NCc1ccccc1)c1ccc(O)cc1.